The molecule has 6 heteroatoms. The zero-order chi connectivity index (χ0) is 14.4. The second kappa shape index (κ2) is 7.00. The van der Waals surface area contributed by atoms with Gasteiger partial charge in [0.2, 0.25) is 5.91 Å². The number of aromatic amines is 1. The Kier molecular flexibility index (Phi) is 5.06. The lowest BCUT2D eigenvalue weighted by atomic mass is 10.3. The average molecular weight is 291 g/mol. The summed E-state index contributed by atoms with van der Waals surface area (Å²) in [6.45, 7) is 0.495. The van der Waals surface area contributed by atoms with Crippen LogP contribution in [-0.2, 0) is 11.3 Å². The number of nitrogens with zero attached hydrogens (tertiary/aromatic N) is 2. The van der Waals surface area contributed by atoms with Crippen molar-refractivity contribution in [3.63, 3.8) is 0 Å². The van der Waals surface area contributed by atoms with Crippen LogP contribution in [0.4, 0.5) is 0 Å². The molecule has 0 saturated carbocycles. The zero-order valence-corrected chi connectivity index (χ0v) is 12.3. The number of imidazole rings is 1. The molecule has 106 valence electrons. The minimum atomic E-state index is 0.0715. The van der Waals surface area contributed by atoms with Gasteiger partial charge >= 0.3 is 0 Å². The molecule has 1 amide bonds. The normalized spacial score (nSPS) is 10.3. The van der Waals surface area contributed by atoms with Gasteiger partial charge in [0, 0.05) is 24.3 Å². The Morgan fingerprint density at radius 1 is 1.40 bits per heavy atom. The summed E-state index contributed by atoms with van der Waals surface area (Å²) in [6, 6.07) is 7.67. The van der Waals surface area contributed by atoms with Crippen LogP contribution in [0.1, 0.15) is 5.82 Å². The summed E-state index contributed by atoms with van der Waals surface area (Å²) in [4.78, 5) is 21.8. The predicted molar refractivity (Wildman–Crippen MR) is 78.8 cm³/mol. The second-order valence-corrected chi connectivity index (χ2v) is 5.30. The molecule has 0 spiro atoms. The fourth-order valence-corrected chi connectivity index (χ4v) is 2.46. The highest BCUT2D eigenvalue weighted by Gasteiger charge is 2.10. The van der Waals surface area contributed by atoms with E-state index in [9.17, 15) is 4.79 Å². The number of ether oxygens (including phenoxy) is 1. The van der Waals surface area contributed by atoms with Crippen molar-refractivity contribution in [2.75, 3.05) is 19.9 Å². The maximum Gasteiger partial charge on any atom is 0.233 e. The van der Waals surface area contributed by atoms with E-state index >= 15 is 0 Å². The lowest BCUT2D eigenvalue weighted by molar-refractivity contribution is -0.127. The third kappa shape index (κ3) is 4.03. The van der Waals surface area contributed by atoms with Gasteiger partial charge in [-0.3, -0.25) is 4.79 Å². The third-order valence-corrected chi connectivity index (χ3v) is 3.79. The van der Waals surface area contributed by atoms with E-state index in [0.29, 0.717) is 12.3 Å². The van der Waals surface area contributed by atoms with Crippen molar-refractivity contribution in [2.24, 2.45) is 0 Å². The number of benzene rings is 1. The van der Waals surface area contributed by atoms with Crippen molar-refractivity contribution < 1.29 is 9.53 Å². The molecule has 0 unspecified atom stereocenters. The number of nitrogens with one attached hydrogen (secondary N) is 1. The molecule has 5 nitrogen and oxygen atoms in total. The molecule has 0 aliphatic carbocycles. The fourth-order valence-electron chi connectivity index (χ4n) is 1.62. The van der Waals surface area contributed by atoms with Gasteiger partial charge in [-0.15, -0.1) is 11.8 Å². The Bertz CT molecular complexity index is 540. The molecular weight excluding hydrogens is 274 g/mol. The van der Waals surface area contributed by atoms with Crippen molar-refractivity contribution in [2.45, 2.75) is 11.4 Å². The van der Waals surface area contributed by atoms with Crippen molar-refractivity contribution in [3.05, 3.63) is 42.5 Å². The summed E-state index contributed by atoms with van der Waals surface area (Å²) in [7, 11) is 3.41. The quantitative estimate of drug-likeness (QED) is 0.829. The summed E-state index contributed by atoms with van der Waals surface area (Å²) < 4.78 is 5.10. The van der Waals surface area contributed by atoms with Crippen LogP contribution in [0.25, 0.3) is 0 Å². The van der Waals surface area contributed by atoms with Gasteiger partial charge in [0.15, 0.2) is 0 Å². The average Bonchev–Trinajstić information content (AvgIpc) is 2.98. The molecule has 0 aliphatic rings. The van der Waals surface area contributed by atoms with Crippen LogP contribution >= 0.6 is 11.8 Å². The molecule has 2 rings (SSSR count). The standard InChI is InChI=1S/C14H17N3O2S/c1-17(9-13-15-7-8-16-13)14(18)10-20-12-5-3-11(19-2)4-6-12/h3-8H,9-10H2,1-2H3,(H,15,16). The number of carbonyl (C=O) groups excluding carboxylic acids is 1. The molecule has 0 aliphatic heterocycles. The van der Waals surface area contributed by atoms with E-state index in [1.54, 1.807) is 31.5 Å². The van der Waals surface area contributed by atoms with Gasteiger partial charge in [-0.25, -0.2) is 4.98 Å². The van der Waals surface area contributed by atoms with E-state index in [-0.39, 0.29) is 5.91 Å². The van der Waals surface area contributed by atoms with Crippen LogP contribution in [0.2, 0.25) is 0 Å². The lowest BCUT2D eigenvalue weighted by Crippen LogP contribution is -2.28. The third-order valence-electron chi connectivity index (χ3n) is 2.79. The summed E-state index contributed by atoms with van der Waals surface area (Å²) in [5.74, 6) is 2.08. The Morgan fingerprint density at radius 3 is 2.75 bits per heavy atom. The maximum absolute atomic E-state index is 12.0. The van der Waals surface area contributed by atoms with Crippen molar-refractivity contribution in [3.8, 4) is 5.75 Å². The van der Waals surface area contributed by atoms with Gasteiger partial charge in [0.05, 0.1) is 19.4 Å². The molecular formula is C14H17N3O2S. The van der Waals surface area contributed by atoms with E-state index in [0.717, 1.165) is 16.5 Å². The second-order valence-electron chi connectivity index (χ2n) is 4.25. The van der Waals surface area contributed by atoms with E-state index in [1.807, 2.05) is 24.3 Å². The molecule has 2 aromatic rings. The fraction of sp³-hybridized carbons (Fsp3) is 0.286. The van der Waals surface area contributed by atoms with Crippen LogP contribution in [0.15, 0.2) is 41.6 Å². The summed E-state index contributed by atoms with van der Waals surface area (Å²) in [6.07, 6.45) is 3.43. The Morgan fingerprint density at radius 2 is 2.15 bits per heavy atom. The van der Waals surface area contributed by atoms with E-state index in [4.69, 9.17) is 4.74 Å². The van der Waals surface area contributed by atoms with E-state index < -0.39 is 0 Å². The van der Waals surface area contributed by atoms with E-state index in [1.165, 1.54) is 11.8 Å². The Hall–Kier alpha value is -1.95. The first-order chi connectivity index (χ1) is 9.69. The van der Waals surface area contributed by atoms with Crippen molar-refractivity contribution in [1.29, 1.82) is 0 Å². The number of amides is 1. The summed E-state index contributed by atoms with van der Waals surface area (Å²) in [5, 5.41) is 0. The SMILES string of the molecule is COc1ccc(SCC(=O)N(C)Cc2ncc[nH]2)cc1. The topological polar surface area (TPSA) is 58.2 Å². The summed E-state index contributed by atoms with van der Waals surface area (Å²) >= 11 is 1.51. The molecule has 1 aromatic heterocycles. The number of carbonyl (C=O) groups is 1. The molecule has 0 saturated heterocycles. The predicted octanol–water partition coefficient (Wildman–Crippen LogP) is 2.17. The molecule has 1 aromatic carbocycles. The van der Waals surface area contributed by atoms with E-state index in [2.05, 4.69) is 9.97 Å². The largest absolute Gasteiger partial charge is 0.497 e. The minimum absolute atomic E-state index is 0.0715. The van der Waals surface area contributed by atoms with Gasteiger partial charge in [-0.2, -0.15) is 0 Å². The van der Waals surface area contributed by atoms with Crippen molar-refractivity contribution >= 4 is 17.7 Å². The van der Waals surface area contributed by atoms with Crippen LogP contribution in [-0.4, -0.2) is 40.7 Å². The molecule has 0 atom stereocenters. The van der Waals surface area contributed by atoms with Crippen LogP contribution in [0, 0.1) is 0 Å². The zero-order valence-electron chi connectivity index (χ0n) is 11.5. The Labute approximate surface area is 122 Å². The van der Waals surface area contributed by atoms with Gasteiger partial charge in [-0.05, 0) is 24.3 Å². The Balaban J connectivity index is 1.81. The maximum atomic E-state index is 12.0. The molecule has 0 bridgehead atoms. The number of H-pyrrole nitrogens is 1. The van der Waals surface area contributed by atoms with Gasteiger partial charge < -0.3 is 14.6 Å². The summed E-state index contributed by atoms with van der Waals surface area (Å²) in [5.41, 5.74) is 0. The number of aromatic nitrogens is 2. The van der Waals surface area contributed by atoms with Crippen LogP contribution < -0.4 is 4.74 Å². The van der Waals surface area contributed by atoms with Crippen molar-refractivity contribution in [1.82, 2.24) is 14.9 Å². The number of rotatable bonds is 6. The lowest BCUT2D eigenvalue weighted by Gasteiger charge is -2.15. The monoisotopic (exact) mass is 291 g/mol. The highest BCUT2D eigenvalue weighted by Crippen LogP contribution is 2.21. The smallest absolute Gasteiger partial charge is 0.233 e. The van der Waals surface area contributed by atoms with Gasteiger partial charge in [0.1, 0.15) is 11.6 Å². The van der Waals surface area contributed by atoms with Gasteiger partial charge in [-0.1, -0.05) is 0 Å². The number of thioether (sulfide) groups is 1. The highest BCUT2D eigenvalue weighted by atomic mass is 32.2. The molecule has 0 radical (unpaired) electrons. The first-order valence-electron chi connectivity index (χ1n) is 6.18. The van der Waals surface area contributed by atoms with Crippen LogP contribution in [0.3, 0.4) is 0 Å². The first-order valence-corrected chi connectivity index (χ1v) is 7.16. The molecule has 1 N–H and O–H groups in total. The molecule has 0 fully saturated rings. The number of methoxy groups -OCH3 is 1. The first kappa shape index (κ1) is 14.5. The van der Waals surface area contributed by atoms with Gasteiger partial charge in [0.25, 0.3) is 0 Å². The highest BCUT2D eigenvalue weighted by molar-refractivity contribution is 8.00. The molecule has 20 heavy (non-hydrogen) atoms. The van der Waals surface area contributed by atoms with Crippen LogP contribution in [0.5, 0.6) is 5.75 Å². The number of hydrogen-bond donors (Lipinski definition) is 1. The minimum Gasteiger partial charge on any atom is -0.497 e. The number of hydrogen-bond acceptors (Lipinski definition) is 4. The molecule has 1 heterocycles.